The Bertz CT molecular complexity index is 934. The summed E-state index contributed by atoms with van der Waals surface area (Å²) in [5.41, 5.74) is -2.00. The summed E-state index contributed by atoms with van der Waals surface area (Å²) in [6.07, 6.45) is 3.39. The molecule has 0 bridgehead atoms. The van der Waals surface area contributed by atoms with Crippen LogP contribution in [0.2, 0.25) is 0 Å². The number of carbonyl (C=O) groups is 1. The molecule has 0 radical (unpaired) electrons. The number of likely N-dealkylation sites (tertiary alicyclic amines) is 1. The van der Waals surface area contributed by atoms with Crippen LogP contribution < -0.4 is 5.56 Å². The van der Waals surface area contributed by atoms with Gasteiger partial charge >= 0.3 is 13.2 Å². The molecule has 1 atom stereocenters. The second kappa shape index (κ2) is 8.67. The first kappa shape index (κ1) is 24.5. The first-order chi connectivity index (χ1) is 14.7. The smallest absolute Gasteiger partial charge is 0.444 e. The zero-order valence-corrected chi connectivity index (χ0v) is 20.1. The van der Waals surface area contributed by atoms with Crippen LogP contribution in [0.1, 0.15) is 60.5 Å². The highest BCUT2D eigenvalue weighted by Gasteiger charge is 2.53. The van der Waals surface area contributed by atoms with Crippen molar-refractivity contribution in [3.8, 4) is 0 Å². The number of ether oxygens (including phenoxy) is 1. The fourth-order valence-electron chi connectivity index (χ4n) is 3.71. The second-order valence-electron chi connectivity index (χ2n) is 10.7. The van der Waals surface area contributed by atoms with Gasteiger partial charge in [-0.2, -0.15) is 0 Å². The molecule has 0 spiro atoms. The SMILES string of the molecule is CC(C)(C)OC(=O)N1CCC(Cn2cc(C=C(F)B3OC(C)(C)C(C)(C)O3)ccc2=O)C1. The van der Waals surface area contributed by atoms with E-state index in [1.54, 1.807) is 21.7 Å². The van der Waals surface area contributed by atoms with Crippen molar-refractivity contribution in [2.24, 2.45) is 5.92 Å². The van der Waals surface area contributed by atoms with Crippen LogP contribution in [-0.2, 0) is 20.6 Å². The average molecular weight is 448 g/mol. The predicted molar refractivity (Wildman–Crippen MR) is 122 cm³/mol. The molecule has 176 valence electrons. The van der Waals surface area contributed by atoms with Gasteiger partial charge in [0, 0.05) is 31.9 Å². The van der Waals surface area contributed by atoms with Crippen LogP contribution in [0.15, 0.2) is 28.9 Å². The Morgan fingerprint density at radius 3 is 2.47 bits per heavy atom. The number of pyridine rings is 1. The molecule has 32 heavy (non-hydrogen) atoms. The predicted octanol–water partition coefficient (Wildman–Crippen LogP) is 4.05. The zero-order chi connectivity index (χ0) is 23.9. The zero-order valence-electron chi connectivity index (χ0n) is 20.1. The van der Waals surface area contributed by atoms with Crippen LogP contribution in [0.25, 0.3) is 6.08 Å². The summed E-state index contributed by atoms with van der Waals surface area (Å²) in [7, 11) is -1.09. The van der Waals surface area contributed by atoms with Gasteiger partial charge in [-0.15, -0.1) is 0 Å². The fourth-order valence-corrected chi connectivity index (χ4v) is 3.71. The summed E-state index contributed by atoms with van der Waals surface area (Å²) in [5.74, 6) is 0.118. The van der Waals surface area contributed by atoms with Gasteiger partial charge in [0.15, 0.2) is 0 Å². The lowest BCUT2D eigenvalue weighted by Gasteiger charge is -2.32. The molecule has 1 aromatic heterocycles. The average Bonchev–Trinajstić information content (AvgIpc) is 3.18. The summed E-state index contributed by atoms with van der Waals surface area (Å²) in [4.78, 5) is 26.3. The van der Waals surface area contributed by atoms with Gasteiger partial charge in [-0.1, -0.05) is 0 Å². The first-order valence-corrected chi connectivity index (χ1v) is 11.1. The van der Waals surface area contributed by atoms with Crippen LogP contribution in [0.4, 0.5) is 9.18 Å². The van der Waals surface area contributed by atoms with E-state index in [1.165, 1.54) is 12.1 Å². The van der Waals surface area contributed by atoms with Crippen LogP contribution in [0, 0.1) is 5.92 Å². The Morgan fingerprint density at radius 2 is 1.88 bits per heavy atom. The molecular formula is C23H34BFN2O5. The van der Waals surface area contributed by atoms with Gasteiger partial charge in [-0.05, 0) is 78.5 Å². The molecule has 0 saturated carbocycles. The van der Waals surface area contributed by atoms with E-state index in [1.807, 2.05) is 48.5 Å². The summed E-state index contributed by atoms with van der Waals surface area (Å²) >= 11 is 0. The fraction of sp³-hybridized carbons (Fsp3) is 0.652. The molecule has 3 rings (SSSR count). The topological polar surface area (TPSA) is 70.0 Å². The van der Waals surface area contributed by atoms with Crippen molar-refractivity contribution in [2.75, 3.05) is 13.1 Å². The largest absolute Gasteiger partial charge is 0.525 e. The number of hydrogen-bond acceptors (Lipinski definition) is 5. The van der Waals surface area contributed by atoms with Gasteiger partial charge in [-0.25, -0.2) is 9.18 Å². The maximum atomic E-state index is 14.9. The van der Waals surface area contributed by atoms with Crippen molar-refractivity contribution < 1.29 is 23.2 Å². The van der Waals surface area contributed by atoms with Gasteiger partial charge in [-0.3, -0.25) is 4.79 Å². The van der Waals surface area contributed by atoms with E-state index in [4.69, 9.17) is 14.0 Å². The Morgan fingerprint density at radius 1 is 1.25 bits per heavy atom. The minimum atomic E-state index is -1.09. The summed E-state index contributed by atoms with van der Waals surface area (Å²) in [6, 6.07) is 3.00. The standard InChI is InChI=1S/C23H34BFN2O5/c1-21(2,3)30-20(29)26-11-10-17(14-26)15-27-13-16(8-9-19(27)28)12-18(25)24-31-22(4,5)23(6,7)32-24/h8-9,12-13,17H,10-11,14-15H2,1-7H3. The molecule has 0 N–H and O–H groups in total. The highest BCUT2D eigenvalue weighted by atomic mass is 19.1. The molecule has 9 heteroatoms. The molecule has 3 heterocycles. The summed E-state index contributed by atoms with van der Waals surface area (Å²) < 4.78 is 33.3. The molecule has 1 aromatic rings. The van der Waals surface area contributed by atoms with E-state index in [2.05, 4.69) is 0 Å². The number of rotatable bonds is 4. The monoisotopic (exact) mass is 448 g/mol. The van der Waals surface area contributed by atoms with E-state index < -0.39 is 29.6 Å². The Balaban J connectivity index is 1.67. The molecule has 2 fully saturated rings. The Labute approximate surface area is 189 Å². The lowest BCUT2D eigenvalue weighted by atomic mass is 9.87. The number of amides is 1. The third-order valence-corrected chi connectivity index (χ3v) is 6.18. The third kappa shape index (κ3) is 5.62. The van der Waals surface area contributed by atoms with Crippen molar-refractivity contribution in [1.82, 2.24) is 9.47 Å². The van der Waals surface area contributed by atoms with Crippen molar-refractivity contribution in [2.45, 2.75) is 78.2 Å². The third-order valence-electron chi connectivity index (χ3n) is 6.18. The van der Waals surface area contributed by atoms with E-state index in [-0.39, 0.29) is 17.6 Å². The van der Waals surface area contributed by atoms with Crippen LogP contribution in [0.5, 0.6) is 0 Å². The van der Waals surface area contributed by atoms with Crippen molar-refractivity contribution in [1.29, 1.82) is 0 Å². The van der Waals surface area contributed by atoms with Crippen molar-refractivity contribution in [3.63, 3.8) is 0 Å². The second-order valence-corrected chi connectivity index (χ2v) is 10.7. The minimum Gasteiger partial charge on any atom is -0.444 e. The molecular weight excluding hydrogens is 414 g/mol. The molecule has 2 saturated heterocycles. The maximum Gasteiger partial charge on any atom is 0.525 e. The maximum absolute atomic E-state index is 14.9. The molecule has 2 aliphatic heterocycles. The lowest BCUT2D eigenvalue weighted by Crippen LogP contribution is -2.41. The van der Waals surface area contributed by atoms with Gasteiger partial charge in [0.2, 0.25) is 0 Å². The van der Waals surface area contributed by atoms with Crippen LogP contribution >= 0.6 is 0 Å². The van der Waals surface area contributed by atoms with Gasteiger partial charge in [0.05, 0.1) is 11.2 Å². The molecule has 1 unspecified atom stereocenters. The molecule has 7 nitrogen and oxygen atoms in total. The van der Waals surface area contributed by atoms with Crippen molar-refractivity contribution >= 4 is 19.3 Å². The minimum absolute atomic E-state index is 0.118. The number of aromatic nitrogens is 1. The summed E-state index contributed by atoms with van der Waals surface area (Å²) in [6.45, 7) is 14.5. The quantitative estimate of drug-likeness (QED) is 0.651. The Kier molecular flexibility index (Phi) is 6.64. The highest BCUT2D eigenvalue weighted by Crippen LogP contribution is 2.39. The van der Waals surface area contributed by atoms with Crippen LogP contribution in [-0.4, -0.2) is 52.6 Å². The summed E-state index contributed by atoms with van der Waals surface area (Å²) in [5, 5.41) is 0. The normalized spacial score (nSPS) is 23.0. The van der Waals surface area contributed by atoms with E-state index in [0.29, 0.717) is 25.2 Å². The highest BCUT2D eigenvalue weighted by molar-refractivity contribution is 6.54. The van der Waals surface area contributed by atoms with Crippen LogP contribution in [0.3, 0.4) is 0 Å². The lowest BCUT2D eigenvalue weighted by molar-refractivity contribution is 0.00578. The number of nitrogens with zero attached hydrogens (tertiary/aromatic N) is 2. The van der Waals surface area contributed by atoms with E-state index in [9.17, 15) is 14.0 Å². The molecule has 0 aliphatic carbocycles. The van der Waals surface area contributed by atoms with Gasteiger partial charge in [0.25, 0.3) is 5.56 Å². The first-order valence-electron chi connectivity index (χ1n) is 11.1. The van der Waals surface area contributed by atoms with Crippen molar-refractivity contribution in [3.05, 3.63) is 40.0 Å². The number of hydrogen-bond donors (Lipinski definition) is 0. The Hall–Kier alpha value is -2.13. The van der Waals surface area contributed by atoms with Gasteiger partial charge in [0.1, 0.15) is 11.3 Å². The van der Waals surface area contributed by atoms with Gasteiger partial charge < -0.3 is 23.5 Å². The molecule has 1 amide bonds. The molecule has 0 aromatic carbocycles. The molecule has 2 aliphatic rings. The van der Waals surface area contributed by atoms with E-state index >= 15 is 0 Å². The number of carbonyl (C=O) groups excluding carboxylic acids is 1. The number of halogens is 1. The van der Waals surface area contributed by atoms with E-state index in [0.717, 1.165) is 6.42 Å².